The van der Waals surface area contributed by atoms with E-state index < -0.39 is 5.91 Å². The summed E-state index contributed by atoms with van der Waals surface area (Å²) in [7, 11) is 0. The SMILES string of the molecule is CC.Cc1cccc(N2CCN(c3ncc(C(=O)NO)cn3)CC2)c1. The summed E-state index contributed by atoms with van der Waals surface area (Å²) in [4.78, 5) is 24.1. The van der Waals surface area contributed by atoms with Gasteiger partial charge < -0.3 is 9.80 Å². The van der Waals surface area contributed by atoms with Gasteiger partial charge in [0.2, 0.25) is 5.95 Å². The quantitative estimate of drug-likeness (QED) is 0.657. The molecule has 134 valence electrons. The number of piperazine rings is 1. The number of hydrogen-bond donors (Lipinski definition) is 2. The summed E-state index contributed by atoms with van der Waals surface area (Å²) in [6.45, 7) is 9.52. The van der Waals surface area contributed by atoms with E-state index in [0.717, 1.165) is 26.2 Å². The minimum atomic E-state index is -0.610. The van der Waals surface area contributed by atoms with Crippen molar-refractivity contribution in [1.82, 2.24) is 15.4 Å². The molecule has 1 saturated heterocycles. The third-order valence-corrected chi connectivity index (χ3v) is 3.93. The van der Waals surface area contributed by atoms with Gasteiger partial charge in [0.05, 0.1) is 5.56 Å². The van der Waals surface area contributed by atoms with Gasteiger partial charge in [-0.05, 0) is 24.6 Å². The fourth-order valence-corrected chi connectivity index (χ4v) is 2.66. The number of nitrogens with zero attached hydrogens (tertiary/aromatic N) is 4. The van der Waals surface area contributed by atoms with Gasteiger partial charge in [-0.2, -0.15) is 0 Å². The summed E-state index contributed by atoms with van der Waals surface area (Å²) >= 11 is 0. The Bertz CT molecular complexity index is 682. The van der Waals surface area contributed by atoms with E-state index in [9.17, 15) is 4.79 Å². The van der Waals surface area contributed by atoms with Crippen LogP contribution < -0.4 is 15.3 Å². The molecule has 25 heavy (non-hydrogen) atoms. The van der Waals surface area contributed by atoms with Crippen molar-refractivity contribution in [3.63, 3.8) is 0 Å². The van der Waals surface area contributed by atoms with E-state index >= 15 is 0 Å². The van der Waals surface area contributed by atoms with E-state index in [2.05, 4.69) is 51.0 Å². The molecule has 1 aromatic carbocycles. The molecule has 0 bridgehead atoms. The number of benzene rings is 1. The Balaban J connectivity index is 0.00000109. The Hall–Kier alpha value is -2.67. The molecule has 0 aliphatic carbocycles. The summed E-state index contributed by atoms with van der Waals surface area (Å²) in [6.07, 6.45) is 2.83. The number of nitrogens with one attached hydrogen (secondary N) is 1. The summed E-state index contributed by atoms with van der Waals surface area (Å²) in [5, 5.41) is 8.59. The molecule has 0 radical (unpaired) electrons. The van der Waals surface area contributed by atoms with E-state index in [0.29, 0.717) is 5.95 Å². The number of aryl methyl sites for hydroxylation is 1. The van der Waals surface area contributed by atoms with Gasteiger partial charge in [0, 0.05) is 44.3 Å². The molecule has 1 fully saturated rings. The van der Waals surface area contributed by atoms with Gasteiger partial charge >= 0.3 is 0 Å². The fourth-order valence-electron chi connectivity index (χ4n) is 2.66. The molecule has 1 aromatic heterocycles. The monoisotopic (exact) mass is 343 g/mol. The third kappa shape index (κ3) is 4.67. The van der Waals surface area contributed by atoms with Gasteiger partial charge in [-0.15, -0.1) is 0 Å². The maximum absolute atomic E-state index is 11.3. The highest BCUT2D eigenvalue weighted by atomic mass is 16.5. The van der Waals surface area contributed by atoms with Gasteiger partial charge in [-0.1, -0.05) is 26.0 Å². The minimum Gasteiger partial charge on any atom is -0.368 e. The summed E-state index contributed by atoms with van der Waals surface area (Å²) in [5.41, 5.74) is 4.29. The average molecular weight is 343 g/mol. The first kappa shape index (κ1) is 18.7. The van der Waals surface area contributed by atoms with Crippen LogP contribution in [-0.2, 0) is 0 Å². The molecule has 1 aliphatic rings. The molecule has 0 saturated carbocycles. The second-order valence-corrected chi connectivity index (χ2v) is 5.53. The Kier molecular flexibility index (Phi) is 6.71. The van der Waals surface area contributed by atoms with Crippen molar-refractivity contribution in [2.75, 3.05) is 36.0 Å². The maximum Gasteiger partial charge on any atom is 0.277 e. The number of carbonyl (C=O) groups excluding carboxylic acids is 1. The van der Waals surface area contributed by atoms with Crippen LogP contribution in [0.5, 0.6) is 0 Å². The van der Waals surface area contributed by atoms with Crippen LogP contribution in [0.3, 0.4) is 0 Å². The summed E-state index contributed by atoms with van der Waals surface area (Å²) < 4.78 is 0. The Morgan fingerprint density at radius 1 is 1.08 bits per heavy atom. The molecule has 0 atom stereocenters. The molecule has 2 aromatic rings. The topological polar surface area (TPSA) is 81.6 Å². The van der Waals surface area contributed by atoms with Crippen LogP contribution in [-0.4, -0.2) is 47.3 Å². The Morgan fingerprint density at radius 3 is 2.24 bits per heavy atom. The van der Waals surface area contributed by atoms with Crippen molar-refractivity contribution in [1.29, 1.82) is 0 Å². The van der Waals surface area contributed by atoms with Gasteiger partial charge in [-0.25, -0.2) is 15.4 Å². The van der Waals surface area contributed by atoms with Gasteiger partial charge in [-0.3, -0.25) is 10.0 Å². The molecular formula is C18H25N5O2. The molecule has 0 spiro atoms. The highest BCUT2D eigenvalue weighted by Crippen LogP contribution is 2.19. The van der Waals surface area contributed by atoms with E-state index in [-0.39, 0.29) is 5.56 Å². The molecular weight excluding hydrogens is 318 g/mol. The lowest BCUT2D eigenvalue weighted by Crippen LogP contribution is -2.47. The summed E-state index contributed by atoms with van der Waals surface area (Å²) in [6, 6.07) is 8.48. The molecule has 7 heteroatoms. The van der Waals surface area contributed by atoms with Crippen molar-refractivity contribution in [2.45, 2.75) is 20.8 Å². The molecule has 1 amide bonds. The number of rotatable bonds is 3. The molecule has 7 nitrogen and oxygen atoms in total. The minimum absolute atomic E-state index is 0.231. The predicted molar refractivity (Wildman–Crippen MR) is 98.2 cm³/mol. The van der Waals surface area contributed by atoms with E-state index in [1.807, 2.05) is 13.8 Å². The zero-order chi connectivity index (χ0) is 18.2. The first-order valence-electron chi connectivity index (χ1n) is 8.50. The molecule has 2 N–H and O–H groups in total. The lowest BCUT2D eigenvalue weighted by Gasteiger charge is -2.36. The van der Waals surface area contributed by atoms with E-state index in [4.69, 9.17) is 5.21 Å². The molecule has 2 heterocycles. The van der Waals surface area contributed by atoms with Gasteiger partial charge in [0.25, 0.3) is 5.91 Å². The fraction of sp³-hybridized carbons (Fsp3) is 0.389. The van der Waals surface area contributed by atoms with Crippen LogP contribution in [0.1, 0.15) is 29.8 Å². The molecule has 3 rings (SSSR count). The van der Waals surface area contributed by atoms with Crippen LogP contribution in [0, 0.1) is 6.92 Å². The number of amides is 1. The number of hydrogen-bond acceptors (Lipinski definition) is 6. The number of anilines is 2. The van der Waals surface area contributed by atoms with E-state index in [1.165, 1.54) is 23.6 Å². The Labute approximate surface area is 148 Å². The zero-order valence-corrected chi connectivity index (χ0v) is 14.9. The third-order valence-electron chi connectivity index (χ3n) is 3.93. The largest absolute Gasteiger partial charge is 0.368 e. The van der Waals surface area contributed by atoms with Crippen LogP contribution in [0.2, 0.25) is 0 Å². The second-order valence-electron chi connectivity index (χ2n) is 5.53. The average Bonchev–Trinajstić information content (AvgIpc) is 2.69. The second kappa shape index (κ2) is 8.98. The summed E-state index contributed by atoms with van der Waals surface area (Å²) in [5.74, 6) is -0.0100. The smallest absolute Gasteiger partial charge is 0.277 e. The number of aromatic nitrogens is 2. The first-order valence-corrected chi connectivity index (χ1v) is 8.50. The lowest BCUT2D eigenvalue weighted by molar-refractivity contribution is 0.0705. The Morgan fingerprint density at radius 2 is 1.68 bits per heavy atom. The van der Waals surface area contributed by atoms with Crippen LogP contribution in [0.4, 0.5) is 11.6 Å². The number of carbonyl (C=O) groups is 1. The van der Waals surface area contributed by atoms with Crippen molar-refractivity contribution in [2.24, 2.45) is 0 Å². The molecule has 1 aliphatic heterocycles. The van der Waals surface area contributed by atoms with Crippen molar-refractivity contribution >= 4 is 17.5 Å². The first-order chi connectivity index (χ1) is 12.2. The van der Waals surface area contributed by atoms with Gasteiger partial charge in [0.1, 0.15) is 0 Å². The van der Waals surface area contributed by atoms with Crippen LogP contribution in [0.25, 0.3) is 0 Å². The van der Waals surface area contributed by atoms with Crippen molar-refractivity contribution in [3.05, 3.63) is 47.8 Å². The maximum atomic E-state index is 11.3. The van der Waals surface area contributed by atoms with Crippen molar-refractivity contribution in [3.8, 4) is 0 Å². The van der Waals surface area contributed by atoms with Crippen LogP contribution in [0.15, 0.2) is 36.7 Å². The lowest BCUT2D eigenvalue weighted by atomic mass is 10.2. The van der Waals surface area contributed by atoms with Gasteiger partial charge in [0.15, 0.2) is 0 Å². The number of hydroxylamine groups is 1. The molecule has 0 unspecified atom stereocenters. The predicted octanol–water partition coefficient (Wildman–Crippen LogP) is 2.26. The van der Waals surface area contributed by atoms with Crippen LogP contribution >= 0.6 is 0 Å². The normalized spacial score (nSPS) is 13.8. The van der Waals surface area contributed by atoms with E-state index in [1.54, 1.807) is 5.48 Å². The highest BCUT2D eigenvalue weighted by Gasteiger charge is 2.19. The van der Waals surface area contributed by atoms with Crippen molar-refractivity contribution < 1.29 is 10.0 Å². The zero-order valence-electron chi connectivity index (χ0n) is 14.9. The standard InChI is InChI=1S/C16H19N5O2.C2H6/c1-12-3-2-4-14(9-12)20-5-7-21(8-6-20)16-17-10-13(11-18-16)15(22)19-23;1-2/h2-4,9-11,23H,5-8H2,1H3,(H,19,22);1-2H3. The highest BCUT2D eigenvalue weighted by molar-refractivity contribution is 5.92.